The summed E-state index contributed by atoms with van der Waals surface area (Å²) in [6.07, 6.45) is 4.14. The minimum absolute atomic E-state index is 0.00546. The topological polar surface area (TPSA) is 96.9 Å². The third kappa shape index (κ3) is 2.61. The molecule has 1 saturated heterocycles. The molecule has 1 atom stereocenters. The highest BCUT2D eigenvalue weighted by molar-refractivity contribution is 6.07. The van der Waals surface area contributed by atoms with Gasteiger partial charge in [-0.15, -0.1) is 0 Å². The Balaban J connectivity index is 2.15. The Labute approximate surface area is 119 Å². The lowest BCUT2D eigenvalue weighted by atomic mass is 9.77. The van der Waals surface area contributed by atoms with Gasteiger partial charge < -0.3 is 21.0 Å². The molecule has 0 aromatic carbocycles. The first-order valence-electron chi connectivity index (χ1n) is 7.29. The molecule has 0 radical (unpaired) electrons. The van der Waals surface area contributed by atoms with E-state index < -0.39 is 5.41 Å². The zero-order valence-corrected chi connectivity index (χ0v) is 12.3. The van der Waals surface area contributed by atoms with Crippen LogP contribution in [0.15, 0.2) is 5.16 Å². The van der Waals surface area contributed by atoms with Crippen molar-refractivity contribution in [2.45, 2.75) is 52.0 Å². The highest BCUT2D eigenvalue weighted by atomic mass is 16.5. The highest BCUT2D eigenvalue weighted by Gasteiger charge is 2.47. The van der Waals surface area contributed by atoms with Crippen LogP contribution < -0.4 is 11.1 Å². The van der Waals surface area contributed by atoms with Gasteiger partial charge in [0.05, 0.1) is 0 Å². The Morgan fingerprint density at radius 1 is 1.35 bits per heavy atom. The van der Waals surface area contributed by atoms with Crippen LogP contribution in [0.4, 0.5) is 0 Å². The van der Waals surface area contributed by atoms with Crippen molar-refractivity contribution in [2.75, 3.05) is 13.2 Å². The quantitative estimate of drug-likeness (QED) is 0.314. The molecule has 2 rings (SSSR count). The second kappa shape index (κ2) is 5.60. The lowest BCUT2D eigenvalue weighted by Gasteiger charge is -2.37. The second-order valence-electron chi connectivity index (χ2n) is 6.59. The van der Waals surface area contributed by atoms with Crippen molar-refractivity contribution in [3.63, 3.8) is 0 Å². The Morgan fingerprint density at radius 2 is 2.00 bits per heavy atom. The van der Waals surface area contributed by atoms with Crippen LogP contribution in [0, 0.1) is 10.8 Å². The van der Waals surface area contributed by atoms with E-state index in [0.29, 0.717) is 26.1 Å². The summed E-state index contributed by atoms with van der Waals surface area (Å²) in [5.74, 6) is -0.134. The molecular formula is C14H25N3O3. The molecule has 1 unspecified atom stereocenters. The van der Waals surface area contributed by atoms with Gasteiger partial charge in [0.1, 0.15) is 5.41 Å². The number of nitrogens with two attached hydrogens (primary N) is 1. The monoisotopic (exact) mass is 283 g/mol. The normalized spacial score (nSPS) is 29.1. The number of carbonyl (C=O) groups is 1. The molecule has 6 heteroatoms. The third-order valence-electron chi connectivity index (χ3n) is 4.94. The molecule has 2 fully saturated rings. The van der Waals surface area contributed by atoms with Crippen LogP contribution in [0.1, 0.15) is 46.0 Å². The molecule has 20 heavy (non-hydrogen) atoms. The fraction of sp³-hybridized carbons (Fsp3) is 0.857. The minimum atomic E-state index is -0.925. The molecule has 6 nitrogen and oxygen atoms in total. The number of ether oxygens (including phenoxy) is 1. The summed E-state index contributed by atoms with van der Waals surface area (Å²) in [6, 6.07) is 0.154. The van der Waals surface area contributed by atoms with Crippen molar-refractivity contribution in [1.29, 1.82) is 0 Å². The van der Waals surface area contributed by atoms with Crippen LogP contribution in [0.3, 0.4) is 0 Å². The van der Waals surface area contributed by atoms with Crippen LogP contribution in [0.2, 0.25) is 0 Å². The van der Waals surface area contributed by atoms with Crippen molar-refractivity contribution in [3.8, 4) is 0 Å². The van der Waals surface area contributed by atoms with Gasteiger partial charge in [-0.1, -0.05) is 25.4 Å². The number of nitrogens with zero attached hydrogens (tertiary/aromatic N) is 1. The molecule has 2 aliphatic rings. The van der Waals surface area contributed by atoms with Gasteiger partial charge in [-0.2, -0.15) is 0 Å². The van der Waals surface area contributed by atoms with E-state index in [1.54, 1.807) is 0 Å². The summed E-state index contributed by atoms with van der Waals surface area (Å²) in [7, 11) is 0. The Kier molecular flexibility index (Phi) is 4.22. The maximum atomic E-state index is 12.7. The van der Waals surface area contributed by atoms with Crippen molar-refractivity contribution in [3.05, 3.63) is 0 Å². The SMILES string of the molecule is CC1(C)CCCC1NC(=O)C1(C(N)=NO)CCOCC1. The van der Waals surface area contributed by atoms with Crippen LogP contribution in [0.25, 0.3) is 0 Å². The summed E-state index contributed by atoms with van der Waals surface area (Å²) in [4.78, 5) is 12.7. The molecule has 1 amide bonds. The van der Waals surface area contributed by atoms with E-state index >= 15 is 0 Å². The molecule has 1 heterocycles. The molecule has 4 N–H and O–H groups in total. The summed E-state index contributed by atoms with van der Waals surface area (Å²) in [5.41, 5.74) is 4.99. The highest BCUT2D eigenvalue weighted by Crippen LogP contribution is 2.39. The average Bonchev–Trinajstić information content (AvgIpc) is 2.77. The van der Waals surface area contributed by atoms with E-state index in [9.17, 15) is 4.79 Å². The molecule has 0 aromatic rings. The van der Waals surface area contributed by atoms with E-state index in [4.69, 9.17) is 15.7 Å². The smallest absolute Gasteiger partial charge is 0.234 e. The van der Waals surface area contributed by atoms with E-state index in [2.05, 4.69) is 24.3 Å². The van der Waals surface area contributed by atoms with Gasteiger partial charge in [-0.05, 0) is 31.1 Å². The predicted molar refractivity (Wildman–Crippen MR) is 75.5 cm³/mol. The number of oxime groups is 1. The Bertz CT molecular complexity index is 400. The predicted octanol–water partition coefficient (Wildman–Crippen LogP) is 1.22. The number of hydrogen-bond donors (Lipinski definition) is 3. The van der Waals surface area contributed by atoms with Crippen LogP contribution in [-0.4, -0.2) is 36.2 Å². The molecular weight excluding hydrogens is 258 g/mol. The first-order chi connectivity index (χ1) is 9.42. The Hall–Kier alpha value is -1.30. The Morgan fingerprint density at radius 3 is 2.50 bits per heavy atom. The first-order valence-corrected chi connectivity index (χ1v) is 7.29. The van der Waals surface area contributed by atoms with Crippen molar-refractivity contribution >= 4 is 11.7 Å². The molecule has 114 valence electrons. The van der Waals surface area contributed by atoms with E-state index in [1.807, 2.05) is 0 Å². The maximum absolute atomic E-state index is 12.7. The van der Waals surface area contributed by atoms with Gasteiger partial charge in [0, 0.05) is 19.3 Å². The van der Waals surface area contributed by atoms with Crippen LogP contribution in [0.5, 0.6) is 0 Å². The van der Waals surface area contributed by atoms with Crippen LogP contribution >= 0.6 is 0 Å². The van der Waals surface area contributed by atoms with Crippen molar-refractivity contribution in [1.82, 2.24) is 5.32 Å². The zero-order valence-electron chi connectivity index (χ0n) is 12.3. The van der Waals surface area contributed by atoms with Gasteiger partial charge >= 0.3 is 0 Å². The lowest BCUT2D eigenvalue weighted by molar-refractivity contribution is -0.133. The summed E-state index contributed by atoms with van der Waals surface area (Å²) in [5, 5.41) is 15.2. The number of hydrogen-bond acceptors (Lipinski definition) is 4. The summed E-state index contributed by atoms with van der Waals surface area (Å²) in [6.45, 7) is 5.26. The van der Waals surface area contributed by atoms with Crippen molar-refractivity contribution < 1.29 is 14.7 Å². The van der Waals surface area contributed by atoms with Gasteiger partial charge in [-0.25, -0.2) is 0 Å². The second-order valence-corrected chi connectivity index (χ2v) is 6.59. The number of nitrogens with one attached hydrogen (secondary N) is 1. The molecule has 0 bridgehead atoms. The minimum Gasteiger partial charge on any atom is -0.409 e. The number of amides is 1. The zero-order chi connectivity index (χ0) is 14.8. The fourth-order valence-electron chi connectivity index (χ4n) is 3.31. The molecule has 0 aromatic heterocycles. The molecule has 1 aliphatic heterocycles. The van der Waals surface area contributed by atoms with Gasteiger partial charge in [0.2, 0.25) is 5.91 Å². The lowest BCUT2D eigenvalue weighted by Crippen LogP contribution is -2.56. The van der Waals surface area contributed by atoms with Crippen LogP contribution in [-0.2, 0) is 9.53 Å². The number of amidine groups is 1. The third-order valence-corrected chi connectivity index (χ3v) is 4.94. The van der Waals surface area contributed by atoms with Gasteiger partial charge in [0.15, 0.2) is 5.84 Å². The van der Waals surface area contributed by atoms with Crippen molar-refractivity contribution in [2.24, 2.45) is 21.7 Å². The molecule has 1 saturated carbocycles. The number of rotatable bonds is 3. The maximum Gasteiger partial charge on any atom is 0.234 e. The van der Waals surface area contributed by atoms with E-state index in [-0.39, 0.29) is 23.2 Å². The van der Waals surface area contributed by atoms with E-state index in [1.165, 1.54) is 0 Å². The summed E-state index contributed by atoms with van der Waals surface area (Å²) < 4.78 is 5.31. The largest absolute Gasteiger partial charge is 0.409 e. The average molecular weight is 283 g/mol. The van der Waals surface area contributed by atoms with Gasteiger partial charge in [-0.3, -0.25) is 4.79 Å². The molecule has 0 spiro atoms. The fourth-order valence-corrected chi connectivity index (χ4v) is 3.31. The van der Waals surface area contributed by atoms with E-state index in [0.717, 1.165) is 19.3 Å². The molecule has 1 aliphatic carbocycles. The standard InChI is InChI=1S/C14H25N3O3/c1-13(2)5-3-4-10(13)16-12(18)14(11(15)17-19)6-8-20-9-7-14/h10,19H,3-9H2,1-2H3,(H2,15,17)(H,16,18). The number of carbonyl (C=O) groups excluding carboxylic acids is 1. The summed E-state index contributed by atoms with van der Waals surface area (Å²) >= 11 is 0. The van der Waals surface area contributed by atoms with Gasteiger partial charge in [0.25, 0.3) is 0 Å². The first kappa shape index (κ1) is 15.1.